The molecule has 100 valence electrons. The van der Waals surface area contributed by atoms with E-state index in [0.29, 0.717) is 12.0 Å². The molecule has 0 fully saturated rings. The molecular weight excluding hydrogens is 240 g/mol. The first kappa shape index (κ1) is 16.3. The zero-order chi connectivity index (χ0) is 13.5. The van der Waals surface area contributed by atoms with Crippen LogP contribution < -0.4 is 0 Å². The van der Waals surface area contributed by atoms with E-state index in [4.69, 9.17) is 18.0 Å². The minimum Gasteiger partial charge on any atom is -0.434 e. The molecule has 0 N–H and O–H groups in total. The van der Waals surface area contributed by atoms with Crippen molar-refractivity contribution in [2.45, 2.75) is 33.1 Å². The summed E-state index contributed by atoms with van der Waals surface area (Å²) < 4.78 is 21.3. The highest BCUT2D eigenvalue weighted by Crippen LogP contribution is 2.21. The van der Waals surface area contributed by atoms with Crippen LogP contribution in [0.2, 0.25) is 6.04 Å². The standard InChI is InChI=1S/C11H22O5Si/c1-7-11(12)15-10(4)16-17(13-5,14-6)8-9(2)3/h7,9-10H,1,8H2,2-6H3. The van der Waals surface area contributed by atoms with Gasteiger partial charge in [0.2, 0.25) is 0 Å². The molecule has 0 aromatic rings. The van der Waals surface area contributed by atoms with Crippen LogP contribution in [0.25, 0.3) is 0 Å². The third-order valence-electron chi connectivity index (χ3n) is 2.07. The Labute approximate surface area is 104 Å². The van der Waals surface area contributed by atoms with Crippen molar-refractivity contribution >= 4 is 14.8 Å². The first-order chi connectivity index (χ1) is 7.89. The van der Waals surface area contributed by atoms with Gasteiger partial charge >= 0.3 is 14.8 Å². The van der Waals surface area contributed by atoms with E-state index in [1.807, 2.05) is 13.8 Å². The fourth-order valence-electron chi connectivity index (χ4n) is 1.38. The Morgan fingerprint density at radius 3 is 2.18 bits per heavy atom. The van der Waals surface area contributed by atoms with Crippen molar-refractivity contribution in [2.24, 2.45) is 5.92 Å². The highest BCUT2D eigenvalue weighted by Gasteiger charge is 2.42. The molecule has 0 saturated heterocycles. The molecule has 0 aromatic heterocycles. The van der Waals surface area contributed by atoms with Gasteiger partial charge in [-0.1, -0.05) is 20.4 Å². The lowest BCUT2D eigenvalue weighted by Crippen LogP contribution is -2.47. The number of rotatable bonds is 8. The summed E-state index contributed by atoms with van der Waals surface area (Å²) in [5.41, 5.74) is 0. The van der Waals surface area contributed by atoms with E-state index in [9.17, 15) is 4.79 Å². The van der Waals surface area contributed by atoms with Gasteiger partial charge in [0.05, 0.1) is 0 Å². The van der Waals surface area contributed by atoms with Gasteiger partial charge in [0.15, 0.2) is 6.29 Å². The number of hydrogen-bond acceptors (Lipinski definition) is 5. The minimum atomic E-state index is -2.76. The summed E-state index contributed by atoms with van der Waals surface area (Å²) >= 11 is 0. The molecule has 0 aliphatic rings. The van der Waals surface area contributed by atoms with Crippen LogP contribution in [0.4, 0.5) is 0 Å². The fraction of sp³-hybridized carbons (Fsp3) is 0.727. The molecule has 0 aliphatic heterocycles. The molecule has 17 heavy (non-hydrogen) atoms. The van der Waals surface area contributed by atoms with Crippen LogP contribution in [-0.4, -0.2) is 35.3 Å². The SMILES string of the molecule is C=CC(=O)OC(C)O[Si](CC(C)C)(OC)OC. The molecule has 0 heterocycles. The van der Waals surface area contributed by atoms with Gasteiger partial charge < -0.3 is 18.0 Å². The predicted molar refractivity (Wildman–Crippen MR) is 66.3 cm³/mol. The van der Waals surface area contributed by atoms with E-state index in [-0.39, 0.29) is 0 Å². The lowest BCUT2D eigenvalue weighted by molar-refractivity contribution is -0.160. The lowest BCUT2D eigenvalue weighted by Gasteiger charge is -2.30. The van der Waals surface area contributed by atoms with Gasteiger partial charge in [-0.25, -0.2) is 4.79 Å². The molecule has 6 heteroatoms. The van der Waals surface area contributed by atoms with Gasteiger partial charge in [-0.2, -0.15) is 0 Å². The highest BCUT2D eigenvalue weighted by atomic mass is 28.4. The van der Waals surface area contributed by atoms with E-state index >= 15 is 0 Å². The van der Waals surface area contributed by atoms with Crippen LogP contribution in [0.15, 0.2) is 12.7 Å². The number of carbonyl (C=O) groups is 1. The van der Waals surface area contributed by atoms with Crippen LogP contribution >= 0.6 is 0 Å². The van der Waals surface area contributed by atoms with Crippen LogP contribution in [0.3, 0.4) is 0 Å². The summed E-state index contributed by atoms with van der Waals surface area (Å²) in [6, 6.07) is 0.663. The quantitative estimate of drug-likeness (QED) is 0.290. The fourth-order valence-corrected chi connectivity index (χ4v) is 3.73. The number of hydrogen-bond donors (Lipinski definition) is 0. The summed E-state index contributed by atoms with van der Waals surface area (Å²) in [6.07, 6.45) is 0.372. The normalized spacial score (nSPS) is 13.5. The first-order valence-electron chi connectivity index (χ1n) is 5.50. The maximum Gasteiger partial charge on any atom is 0.503 e. The molecule has 1 atom stereocenters. The minimum absolute atomic E-state index is 0.365. The van der Waals surface area contributed by atoms with E-state index in [0.717, 1.165) is 6.08 Å². The third kappa shape index (κ3) is 5.97. The molecule has 0 bridgehead atoms. The summed E-state index contributed by atoms with van der Waals surface area (Å²) in [6.45, 7) is 9.03. The van der Waals surface area contributed by atoms with E-state index in [1.54, 1.807) is 21.1 Å². The van der Waals surface area contributed by atoms with Crippen LogP contribution in [0.5, 0.6) is 0 Å². The molecule has 0 amide bonds. The second-order valence-corrected chi connectivity index (χ2v) is 6.84. The second kappa shape index (κ2) is 7.60. The van der Waals surface area contributed by atoms with Crippen molar-refractivity contribution in [3.05, 3.63) is 12.7 Å². The maximum absolute atomic E-state index is 11.0. The maximum atomic E-state index is 11.0. The van der Waals surface area contributed by atoms with Gasteiger partial charge in [0, 0.05) is 26.3 Å². The van der Waals surface area contributed by atoms with Crippen molar-refractivity contribution in [1.29, 1.82) is 0 Å². The van der Waals surface area contributed by atoms with Gasteiger partial charge in [0.1, 0.15) is 0 Å². The van der Waals surface area contributed by atoms with E-state index in [1.165, 1.54) is 0 Å². The molecule has 0 rings (SSSR count). The van der Waals surface area contributed by atoms with E-state index < -0.39 is 21.1 Å². The molecule has 0 aromatic carbocycles. The summed E-state index contributed by atoms with van der Waals surface area (Å²) in [7, 11) is 0.323. The van der Waals surface area contributed by atoms with Crippen molar-refractivity contribution in [3.8, 4) is 0 Å². The van der Waals surface area contributed by atoms with Crippen LogP contribution in [0.1, 0.15) is 20.8 Å². The van der Waals surface area contributed by atoms with Crippen molar-refractivity contribution < 1.29 is 22.8 Å². The molecule has 0 saturated carbocycles. The van der Waals surface area contributed by atoms with Gasteiger partial charge in [-0.05, 0) is 12.8 Å². The Morgan fingerprint density at radius 2 is 1.82 bits per heavy atom. The van der Waals surface area contributed by atoms with Gasteiger partial charge in [0.25, 0.3) is 0 Å². The Hall–Kier alpha value is -0.693. The summed E-state index contributed by atoms with van der Waals surface area (Å²) in [5, 5.41) is 0. The zero-order valence-electron chi connectivity index (χ0n) is 11.2. The zero-order valence-corrected chi connectivity index (χ0v) is 12.2. The highest BCUT2D eigenvalue weighted by molar-refractivity contribution is 6.60. The van der Waals surface area contributed by atoms with Crippen LogP contribution in [-0.2, 0) is 22.8 Å². The first-order valence-corrected chi connectivity index (χ1v) is 7.43. The third-order valence-corrected chi connectivity index (χ3v) is 5.33. The molecular formula is C11H22O5Si. The molecule has 1 unspecified atom stereocenters. The number of ether oxygens (including phenoxy) is 1. The molecule has 5 nitrogen and oxygen atoms in total. The topological polar surface area (TPSA) is 54.0 Å². The number of esters is 1. The number of carbonyl (C=O) groups excluding carboxylic acids is 1. The smallest absolute Gasteiger partial charge is 0.434 e. The Bertz CT molecular complexity index is 250. The Balaban J connectivity index is 4.51. The largest absolute Gasteiger partial charge is 0.503 e. The summed E-state index contributed by atoms with van der Waals surface area (Å²) in [5.74, 6) is -0.166. The van der Waals surface area contributed by atoms with Gasteiger partial charge in [-0.15, -0.1) is 0 Å². The summed E-state index contributed by atoms with van der Waals surface area (Å²) in [4.78, 5) is 11.0. The molecule has 0 aliphatic carbocycles. The van der Waals surface area contributed by atoms with Crippen molar-refractivity contribution in [3.63, 3.8) is 0 Å². The van der Waals surface area contributed by atoms with Crippen molar-refractivity contribution in [2.75, 3.05) is 14.2 Å². The Kier molecular flexibility index (Phi) is 7.29. The lowest BCUT2D eigenvalue weighted by atomic mass is 10.3. The second-order valence-electron chi connectivity index (χ2n) is 4.02. The van der Waals surface area contributed by atoms with Crippen LogP contribution in [0, 0.1) is 5.92 Å². The Morgan fingerprint density at radius 1 is 1.29 bits per heavy atom. The molecule has 0 radical (unpaired) electrons. The predicted octanol–water partition coefficient (Wildman–Crippen LogP) is 1.97. The molecule has 0 spiro atoms. The monoisotopic (exact) mass is 262 g/mol. The van der Waals surface area contributed by atoms with Gasteiger partial charge in [-0.3, -0.25) is 0 Å². The average molecular weight is 262 g/mol. The average Bonchev–Trinajstić information content (AvgIpc) is 2.27. The van der Waals surface area contributed by atoms with Crippen molar-refractivity contribution in [1.82, 2.24) is 0 Å². The van der Waals surface area contributed by atoms with E-state index in [2.05, 4.69) is 6.58 Å².